The Balaban J connectivity index is 2.25. The van der Waals surface area contributed by atoms with Gasteiger partial charge in [0.15, 0.2) is 0 Å². The van der Waals surface area contributed by atoms with E-state index in [0.717, 1.165) is 25.3 Å². The van der Waals surface area contributed by atoms with E-state index in [9.17, 15) is 4.79 Å². The van der Waals surface area contributed by atoms with Gasteiger partial charge in [-0.05, 0) is 37.5 Å². The average molecular weight is 290 g/mol. The molecule has 0 spiro atoms. The lowest BCUT2D eigenvalue weighted by molar-refractivity contribution is -0.126. The molecule has 94 valence electrons. The molecule has 1 rings (SSSR count). The third-order valence-electron chi connectivity index (χ3n) is 3.58. The second-order valence-corrected chi connectivity index (χ2v) is 6.64. The summed E-state index contributed by atoms with van der Waals surface area (Å²) in [6, 6.07) is 0. The Bertz CT molecular complexity index is 222. The average Bonchev–Trinajstić information content (AvgIpc) is 2.26. The highest BCUT2D eigenvalue weighted by atomic mass is 79.9. The third kappa shape index (κ3) is 4.44. The van der Waals surface area contributed by atoms with E-state index >= 15 is 0 Å². The van der Waals surface area contributed by atoms with Gasteiger partial charge >= 0.3 is 0 Å². The summed E-state index contributed by atoms with van der Waals surface area (Å²) < 4.78 is 0. The second-order valence-electron chi connectivity index (χ2n) is 5.46. The van der Waals surface area contributed by atoms with Crippen molar-refractivity contribution >= 4 is 21.8 Å². The number of carbonyl (C=O) groups excluding carboxylic acids is 1. The topological polar surface area (TPSA) is 29.1 Å². The number of carbonyl (C=O) groups is 1. The number of hydrogen-bond acceptors (Lipinski definition) is 1. The van der Waals surface area contributed by atoms with Crippen LogP contribution in [0.3, 0.4) is 0 Å². The summed E-state index contributed by atoms with van der Waals surface area (Å²) >= 11 is 3.59. The highest BCUT2D eigenvalue weighted by Gasteiger charge is 2.24. The smallest absolute Gasteiger partial charge is 0.223 e. The normalized spacial score (nSPS) is 27.8. The number of halogens is 1. The Morgan fingerprint density at radius 3 is 2.38 bits per heavy atom. The largest absolute Gasteiger partial charge is 0.355 e. The first-order chi connectivity index (χ1) is 7.50. The van der Waals surface area contributed by atoms with E-state index in [1.807, 2.05) is 0 Å². The van der Waals surface area contributed by atoms with E-state index in [1.54, 1.807) is 0 Å². The Morgan fingerprint density at radius 2 is 1.88 bits per heavy atom. The lowest BCUT2D eigenvalue weighted by Crippen LogP contribution is -2.37. The molecule has 1 fully saturated rings. The van der Waals surface area contributed by atoms with Gasteiger partial charge in [0, 0.05) is 17.3 Å². The van der Waals surface area contributed by atoms with Gasteiger partial charge < -0.3 is 5.32 Å². The Labute approximate surface area is 108 Å². The molecule has 1 amide bonds. The van der Waals surface area contributed by atoms with Crippen LogP contribution in [-0.2, 0) is 4.79 Å². The Hall–Kier alpha value is -0.0500. The van der Waals surface area contributed by atoms with Gasteiger partial charge in [-0.3, -0.25) is 4.79 Å². The summed E-state index contributed by atoms with van der Waals surface area (Å²) in [4.78, 5) is 12.3. The van der Waals surface area contributed by atoms with E-state index in [1.165, 1.54) is 12.8 Å². The van der Waals surface area contributed by atoms with Crippen molar-refractivity contribution in [2.24, 2.45) is 17.8 Å². The molecule has 1 unspecified atom stereocenters. The van der Waals surface area contributed by atoms with Crippen molar-refractivity contribution < 1.29 is 4.79 Å². The zero-order valence-corrected chi connectivity index (χ0v) is 12.2. The fourth-order valence-electron chi connectivity index (χ4n) is 2.10. The van der Waals surface area contributed by atoms with Gasteiger partial charge in [0.25, 0.3) is 0 Å². The van der Waals surface area contributed by atoms with Crippen LogP contribution in [0.1, 0.15) is 46.5 Å². The molecular formula is C13H24BrNO. The molecule has 1 saturated carbocycles. The minimum atomic E-state index is 0.261. The molecule has 1 aliphatic rings. The fraction of sp³-hybridized carbons (Fsp3) is 0.923. The van der Waals surface area contributed by atoms with E-state index < -0.39 is 0 Å². The number of rotatable bonds is 4. The molecule has 0 aromatic rings. The molecule has 0 aliphatic heterocycles. The van der Waals surface area contributed by atoms with Gasteiger partial charge in [0.05, 0.1) is 0 Å². The summed E-state index contributed by atoms with van der Waals surface area (Å²) in [5.74, 6) is 1.90. The van der Waals surface area contributed by atoms with Crippen molar-refractivity contribution in [2.75, 3.05) is 6.54 Å². The van der Waals surface area contributed by atoms with Crippen molar-refractivity contribution in [1.29, 1.82) is 0 Å². The summed E-state index contributed by atoms with van der Waals surface area (Å²) in [6.45, 7) is 7.35. The van der Waals surface area contributed by atoms with Crippen molar-refractivity contribution in [1.82, 2.24) is 5.32 Å². The van der Waals surface area contributed by atoms with Crippen LogP contribution < -0.4 is 5.32 Å². The molecular weight excluding hydrogens is 266 g/mol. The van der Waals surface area contributed by atoms with Crippen LogP contribution in [0.5, 0.6) is 0 Å². The molecule has 3 heteroatoms. The molecule has 1 N–H and O–H groups in total. The van der Waals surface area contributed by atoms with Crippen molar-refractivity contribution in [3.63, 3.8) is 0 Å². The first kappa shape index (κ1) is 14.0. The minimum absolute atomic E-state index is 0.261. The molecule has 0 aromatic carbocycles. The predicted octanol–water partition coefficient (Wildman–Crippen LogP) is 3.35. The molecule has 0 radical (unpaired) electrons. The van der Waals surface area contributed by atoms with E-state index in [2.05, 4.69) is 42.0 Å². The quantitative estimate of drug-likeness (QED) is 0.790. The van der Waals surface area contributed by atoms with Crippen LogP contribution in [0.2, 0.25) is 0 Å². The molecule has 0 heterocycles. The van der Waals surface area contributed by atoms with Crippen molar-refractivity contribution in [2.45, 2.75) is 51.3 Å². The molecule has 16 heavy (non-hydrogen) atoms. The summed E-state index contributed by atoms with van der Waals surface area (Å²) in [5.41, 5.74) is 0. The fourth-order valence-corrected chi connectivity index (χ4v) is 2.26. The molecule has 0 aromatic heterocycles. The third-order valence-corrected chi connectivity index (χ3v) is 4.96. The van der Waals surface area contributed by atoms with E-state index in [-0.39, 0.29) is 11.8 Å². The van der Waals surface area contributed by atoms with Crippen LogP contribution in [0, 0.1) is 17.8 Å². The maximum absolute atomic E-state index is 11.9. The lowest BCUT2D eigenvalue weighted by atomic mass is 9.82. The number of amides is 1. The maximum atomic E-state index is 11.9. The second kappa shape index (κ2) is 6.63. The maximum Gasteiger partial charge on any atom is 0.223 e. The van der Waals surface area contributed by atoms with Gasteiger partial charge in [-0.1, -0.05) is 36.7 Å². The van der Waals surface area contributed by atoms with Crippen LogP contribution in [-0.4, -0.2) is 17.3 Å². The van der Waals surface area contributed by atoms with Gasteiger partial charge in [-0.25, -0.2) is 0 Å². The zero-order chi connectivity index (χ0) is 12.1. The van der Waals surface area contributed by atoms with E-state index in [4.69, 9.17) is 0 Å². The monoisotopic (exact) mass is 289 g/mol. The highest BCUT2D eigenvalue weighted by molar-refractivity contribution is 9.09. The van der Waals surface area contributed by atoms with Gasteiger partial charge in [0.1, 0.15) is 0 Å². The van der Waals surface area contributed by atoms with Crippen LogP contribution in [0.4, 0.5) is 0 Å². The van der Waals surface area contributed by atoms with Crippen molar-refractivity contribution in [3.8, 4) is 0 Å². The van der Waals surface area contributed by atoms with Gasteiger partial charge in [-0.15, -0.1) is 0 Å². The van der Waals surface area contributed by atoms with E-state index in [0.29, 0.717) is 10.7 Å². The molecule has 0 saturated heterocycles. The molecule has 1 aliphatic carbocycles. The standard InChI is InChI=1S/C13H24BrNO/c1-9(2)12(14)8-15-13(16)11-6-4-10(3)5-7-11/h9-12H,4-8H2,1-3H3,(H,15,16). The highest BCUT2D eigenvalue weighted by Crippen LogP contribution is 2.28. The van der Waals surface area contributed by atoms with Gasteiger partial charge in [0.2, 0.25) is 5.91 Å². The van der Waals surface area contributed by atoms with Crippen molar-refractivity contribution in [3.05, 3.63) is 0 Å². The Morgan fingerprint density at radius 1 is 1.31 bits per heavy atom. The summed E-state index contributed by atoms with van der Waals surface area (Å²) in [7, 11) is 0. The summed E-state index contributed by atoms with van der Waals surface area (Å²) in [6.07, 6.45) is 4.56. The number of hydrogen-bond donors (Lipinski definition) is 1. The van der Waals surface area contributed by atoms with Crippen LogP contribution in [0.15, 0.2) is 0 Å². The SMILES string of the molecule is CC1CCC(C(=O)NCC(Br)C(C)C)CC1. The molecule has 2 nitrogen and oxygen atoms in total. The molecule has 0 bridgehead atoms. The first-order valence-corrected chi connectivity index (χ1v) is 7.34. The number of alkyl halides is 1. The zero-order valence-electron chi connectivity index (χ0n) is 10.6. The molecule has 1 atom stereocenters. The number of nitrogens with one attached hydrogen (secondary N) is 1. The van der Waals surface area contributed by atoms with Gasteiger partial charge in [-0.2, -0.15) is 0 Å². The Kier molecular flexibility index (Phi) is 5.81. The van der Waals surface area contributed by atoms with Crippen LogP contribution >= 0.6 is 15.9 Å². The van der Waals surface area contributed by atoms with Crippen LogP contribution in [0.25, 0.3) is 0 Å². The lowest BCUT2D eigenvalue weighted by Gasteiger charge is -2.26. The first-order valence-electron chi connectivity index (χ1n) is 6.42. The summed E-state index contributed by atoms with van der Waals surface area (Å²) in [5, 5.41) is 3.06. The minimum Gasteiger partial charge on any atom is -0.355 e. The predicted molar refractivity (Wildman–Crippen MR) is 71.7 cm³/mol.